The lowest BCUT2D eigenvalue weighted by molar-refractivity contribution is -0.141. The van der Waals surface area contributed by atoms with E-state index in [1.165, 1.54) is 7.11 Å². The molecule has 0 bridgehead atoms. The molecule has 1 heterocycles. The first kappa shape index (κ1) is 16.5. The van der Waals surface area contributed by atoms with E-state index in [0.717, 1.165) is 16.7 Å². The summed E-state index contributed by atoms with van der Waals surface area (Å²) < 4.78 is 12.6. The van der Waals surface area contributed by atoms with Crippen LogP contribution in [0.3, 0.4) is 0 Å². The van der Waals surface area contributed by atoms with Crippen molar-refractivity contribution in [3.05, 3.63) is 24.4 Å². The predicted octanol–water partition coefficient (Wildman–Crippen LogP) is 3.59. The smallest absolute Gasteiger partial charge is 0.327 e. The first-order chi connectivity index (χ1) is 10.1. The van der Waals surface area contributed by atoms with Gasteiger partial charge in [0.05, 0.1) is 18.8 Å². The highest BCUT2D eigenvalue weighted by Crippen LogP contribution is 2.37. The Morgan fingerprint density at radius 1 is 1.32 bits per heavy atom. The Kier molecular flexibility index (Phi) is 4.33. The van der Waals surface area contributed by atoms with Gasteiger partial charge in [0.2, 0.25) is 8.32 Å². The summed E-state index contributed by atoms with van der Waals surface area (Å²) in [7, 11) is -0.485. The molecule has 0 atom stereocenters. The van der Waals surface area contributed by atoms with E-state index in [9.17, 15) is 4.79 Å². The summed E-state index contributed by atoms with van der Waals surface area (Å²) in [5.41, 5.74) is 0.896. The fourth-order valence-corrected chi connectivity index (χ4v) is 2.91. The molecule has 2 aromatic rings. The van der Waals surface area contributed by atoms with Gasteiger partial charge in [0.1, 0.15) is 12.3 Å². The van der Waals surface area contributed by atoms with Crippen molar-refractivity contribution in [1.82, 2.24) is 9.78 Å². The van der Waals surface area contributed by atoms with E-state index in [0.29, 0.717) is 0 Å². The Bertz CT molecular complexity index is 686. The largest absolute Gasteiger partial charge is 0.543 e. The monoisotopic (exact) mass is 320 g/mol. The number of methoxy groups -OCH3 is 1. The lowest BCUT2D eigenvalue weighted by Crippen LogP contribution is -2.43. The maximum absolute atomic E-state index is 11.4. The summed E-state index contributed by atoms with van der Waals surface area (Å²) in [5.74, 6) is 0.545. The van der Waals surface area contributed by atoms with Gasteiger partial charge in [-0.25, -0.2) is 0 Å². The van der Waals surface area contributed by atoms with Crippen LogP contribution in [-0.4, -0.2) is 31.2 Å². The standard InChI is InChI=1S/C16H24N2O3Si/c1-16(2,3)22(5,6)21-13-7-8-14-12(9-13)10-17-18(14)11-15(19)20-4/h7-10H,11H2,1-6H3. The van der Waals surface area contributed by atoms with Gasteiger partial charge in [0.25, 0.3) is 0 Å². The van der Waals surface area contributed by atoms with Crippen LogP contribution in [0.4, 0.5) is 0 Å². The van der Waals surface area contributed by atoms with Crippen LogP contribution in [-0.2, 0) is 16.1 Å². The van der Waals surface area contributed by atoms with Crippen LogP contribution in [0.1, 0.15) is 20.8 Å². The highest BCUT2D eigenvalue weighted by atomic mass is 28.4. The van der Waals surface area contributed by atoms with Crippen molar-refractivity contribution in [2.45, 2.75) is 45.4 Å². The van der Waals surface area contributed by atoms with Crippen molar-refractivity contribution < 1.29 is 14.0 Å². The van der Waals surface area contributed by atoms with E-state index in [-0.39, 0.29) is 17.6 Å². The Balaban J connectivity index is 2.27. The van der Waals surface area contributed by atoms with Gasteiger partial charge in [-0.05, 0) is 36.3 Å². The normalized spacial score (nSPS) is 12.5. The van der Waals surface area contributed by atoms with Crippen molar-refractivity contribution in [2.75, 3.05) is 7.11 Å². The number of carbonyl (C=O) groups is 1. The third-order valence-electron chi connectivity index (χ3n) is 4.30. The van der Waals surface area contributed by atoms with Gasteiger partial charge >= 0.3 is 5.97 Å². The number of aromatic nitrogens is 2. The first-order valence-electron chi connectivity index (χ1n) is 7.35. The minimum atomic E-state index is -1.86. The van der Waals surface area contributed by atoms with E-state index in [1.807, 2.05) is 18.2 Å². The second-order valence-corrected chi connectivity index (χ2v) is 11.7. The lowest BCUT2D eigenvalue weighted by Gasteiger charge is -2.36. The van der Waals surface area contributed by atoms with Gasteiger partial charge in [0.15, 0.2) is 0 Å². The summed E-state index contributed by atoms with van der Waals surface area (Å²) >= 11 is 0. The zero-order valence-corrected chi connectivity index (χ0v) is 15.1. The Morgan fingerprint density at radius 2 is 2.00 bits per heavy atom. The van der Waals surface area contributed by atoms with Crippen LogP contribution < -0.4 is 4.43 Å². The van der Waals surface area contributed by atoms with E-state index >= 15 is 0 Å². The van der Waals surface area contributed by atoms with Crippen LogP contribution in [0.25, 0.3) is 10.9 Å². The van der Waals surface area contributed by atoms with Gasteiger partial charge in [0, 0.05) is 5.39 Å². The molecule has 5 nitrogen and oxygen atoms in total. The number of benzene rings is 1. The third kappa shape index (κ3) is 3.32. The number of carbonyl (C=O) groups excluding carboxylic acids is 1. The minimum absolute atomic E-state index is 0.114. The zero-order chi connectivity index (χ0) is 16.5. The predicted molar refractivity (Wildman–Crippen MR) is 89.6 cm³/mol. The number of rotatable bonds is 4. The van der Waals surface area contributed by atoms with Crippen LogP contribution in [0, 0.1) is 0 Å². The van der Waals surface area contributed by atoms with Crippen molar-refractivity contribution in [1.29, 1.82) is 0 Å². The SMILES string of the molecule is COC(=O)Cn1ncc2cc(O[Si](C)(C)C(C)(C)C)ccc21. The molecule has 0 radical (unpaired) electrons. The van der Waals surface area contributed by atoms with Crippen molar-refractivity contribution >= 4 is 25.2 Å². The molecular formula is C16H24N2O3Si. The molecule has 0 aliphatic carbocycles. The molecule has 0 fully saturated rings. The number of hydrogen-bond acceptors (Lipinski definition) is 4. The average Bonchev–Trinajstić information content (AvgIpc) is 2.79. The fourth-order valence-electron chi connectivity index (χ4n) is 1.89. The van der Waals surface area contributed by atoms with Crippen molar-refractivity contribution in [3.8, 4) is 5.75 Å². The molecule has 22 heavy (non-hydrogen) atoms. The molecular weight excluding hydrogens is 296 g/mol. The summed E-state index contributed by atoms with van der Waals surface area (Å²) in [6, 6.07) is 5.86. The summed E-state index contributed by atoms with van der Waals surface area (Å²) in [6.45, 7) is 11.2. The van der Waals surface area contributed by atoms with E-state index < -0.39 is 8.32 Å². The fraction of sp³-hybridized carbons (Fsp3) is 0.500. The maximum atomic E-state index is 11.4. The molecule has 0 spiro atoms. The number of fused-ring (bicyclic) bond motifs is 1. The second-order valence-electron chi connectivity index (χ2n) is 6.96. The minimum Gasteiger partial charge on any atom is -0.543 e. The first-order valence-corrected chi connectivity index (χ1v) is 10.3. The quantitative estimate of drug-likeness (QED) is 0.638. The van der Waals surface area contributed by atoms with Gasteiger partial charge in [-0.15, -0.1) is 0 Å². The van der Waals surface area contributed by atoms with Gasteiger partial charge in [-0.1, -0.05) is 20.8 Å². The molecule has 0 aliphatic heterocycles. The second kappa shape index (κ2) is 5.76. The Morgan fingerprint density at radius 3 is 2.59 bits per heavy atom. The molecule has 0 saturated carbocycles. The summed E-state index contributed by atoms with van der Waals surface area (Å²) in [4.78, 5) is 11.4. The topological polar surface area (TPSA) is 53.4 Å². The number of hydrogen-bond donors (Lipinski definition) is 0. The van der Waals surface area contributed by atoms with Crippen LogP contribution >= 0.6 is 0 Å². The van der Waals surface area contributed by atoms with Gasteiger partial charge in [-0.3, -0.25) is 9.48 Å². The van der Waals surface area contributed by atoms with Gasteiger partial charge in [-0.2, -0.15) is 5.10 Å². The molecule has 0 aliphatic rings. The highest BCUT2D eigenvalue weighted by Gasteiger charge is 2.38. The number of ether oxygens (including phenoxy) is 1. The zero-order valence-electron chi connectivity index (χ0n) is 14.1. The summed E-state index contributed by atoms with van der Waals surface area (Å²) in [6.07, 6.45) is 1.75. The molecule has 0 saturated heterocycles. The van der Waals surface area contributed by atoms with E-state index in [4.69, 9.17) is 4.43 Å². The molecule has 2 rings (SSSR count). The molecule has 6 heteroatoms. The molecule has 1 aromatic heterocycles. The molecule has 1 aromatic carbocycles. The highest BCUT2D eigenvalue weighted by molar-refractivity contribution is 6.74. The lowest BCUT2D eigenvalue weighted by atomic mass is 10.2. The van der Waals surface area contributed by atoms with Crippen molar-refractivity contribution in [3.63, 3.8) is 0 Å². The molecule has 0 N–H and O–H groups in total. The molecule has 0 unspecified atom stereocenters. The van der Waals surface area contributed by atoms with Crippen LogP contribution in [0.5, 0.6) is 5.75 Å². The third-order valence-corrected chi connectivity index (χ3v) is 8.66. The van der Waals surface area contributed by atoms with Crippen LogP contribution in [0.15, 0.2) is 24.4 Å². The number of nitrogens with zero attached hydrogens (tertiary/aromatic N) is 2. The van der Waals surface area contributed by atoms with Crippen LogP contribution in [0.2, 0.25) is 18.1 Å². The van der Waals surface area contributed by atoms with E-state index in [2.05, 4.69) is 43.7 Å². The maximum Gasteiger partial charge on any atom is 0.327 e. The Labute approximate surface area is 132 Å². The molecule has 0 amide bonds. The van der Waals surface area contributed by atoms with Crippen molar-refractivity contribution in [2.24, 2.45) is 0 Å². The van der Waals surface area contributed by atoms with Gasteiger partial charge < -0.3 is 9.16 Å². The molecule has 120 valence electrons. The van der Waals surface area contributed by atoms with E-state index in [1.54, 1.807) is 10.9 Å². The average molecular weight is 320 g/mol. The summed E-state index contributed by atoms with van der Waals surface area (Å²) in [5, 5.41) is 5.35. The Hall–Kier alpha value is -1.82. The number of esters is 1.